The molecule has 0 aliphatic heterocycles. The molecule has 0 aliphatic rings. The SMILES string of the molecule is COc1ccc(C(=O)N[C@@H](CC(=O)OC(C)C)c2ccccc2Cl)cc1OC. The lowest BCUT2D eigenvalue weighted by Crippen LogP contribution is -2.31. The van der Waals surface area contributed by atoms with E-state index in [4.69, 9.17) is 25.8 Å². The molecule has 7 heteroatoms. The van der Waals surface area contributed by atoms with E-state index in [1.165, 1.54) is 14.2 Å². The first-order chi connectivity index (χ1) is 13.3. The molecule has 0 spiro atoms. The maximum absolute atomic E-state index is 12.8. The van der Waals surface area contributed by atoms with Crippen LogP contribution in [0.25, 0.3) is 0 Å². The number of amides is 1. The highest BCUT2D eigenvalue weighted by Crippen LogP contribution is 2.29. The van der Waals surface area contributed by atoms with E-state index in [1.54, 1.807) is 56.3 Å². The van der Waals surface area contributed by atoms with Crippen molar-refractivity contribution in [3.63, 3.8) is 0 Å². The Morgan fingerprint density at radius 2 is 1.71 bits per heavy atom. The van der Waals surface area contributed by atoms with Gasteiger partial charge < -0.3 is 19.5 Å². The Labute approximate surface area is 169 Å². The van der Waals surface area contributed by atoms with E-state index >= 15 is 0 Å². The van der Waals surface area contributed by atoms with Crippen molar-refractivity contribution < 1.29 is 23.8 Å². The van der Waals surface area contributed by atoms with Crippen molar-refractivity contribution in [2.24, 2.45) is 0 Å². The molecule has 28 heavy (non-hydrogen) atoms. The van der Waals surface area contributed by atoms with E-state index in [0.717, 1.165) is 0 Å². The van der Waals surface area contributed by atoms with E-state index in [0.29, 0.717) is 27.6 Å². The number of hydrogen-bond acceptors (Lipinski definition) is 5. The lowest BCUT2D eigenvalue weighted by molar-refractivity contribution is -0.147. The molecule has 0 aromatic heterocycles. The second-order valence-electron chi connectivity index (χ2n) is 6.36. The summed E-state index contributed by atoms with van der Waals surface area (Å²) in [5.41, 5.74) is 1.01. The molecule has 0 unspecified atom stereocenters. The van der Waals surface area contributed by atoms with Gasteiger partial charge in [-0.2, -0.15) is 0 Å². The Kier molecular flexibility index (Phi) is 7.70. The summed E-state index contributed by atoms with van der Waals surface area (Å²) >= 11 is 6.28. The Morgan fingerprint density at radius 1 is 1.04 bits per heavy atom. The number of nitrogens with one attached hydrogen (secondary N) is 1. The van der Waals surface area contributed by atoms with Crippen LogP contribution in [0.3, 0.4) is 0 Å². The largest absolute Gasteiger partial charge is 0.493 e. The number of ether oxygens (including phenoxy) is 3. The quantitative estimate of drug-likeness (QED) is 0.667. The van der Waals surface area contributed by atoms with Gasteiger partial charge in [0.25, 0.3) is 5.91 Å². The third kappa shape index (κ3) is 5.63. The maximum Gasteiger partial charge on any atom is 0.308 e. The Bertz CT molecular complexity index is 837. The van der Waals surface area contributed by atoms with Crippen LogP contribution in [0.15, 0.2) is 42.5 Å². The number of halogens is 1. The fourth-order valence-corrected chi connectivity index (χ4v) is 2.96. The normalized spacial score (nSPS) is 11.6. The number of methoxy groups -OCH3 is 2. The van der Waals surface area contributed by atoms with Crippen molar-refractivity contribution >= 4 is 23.5 Å². The van der Waals surface area contributed by atoms with Gasteiger partial charge in [-0.3, -0.25) is 9.59 Å². The summed E-state index contributed by atoms with van der Waals surface area (Å²) < 4.78 is 15.7. The molecule has 0 bridgehead atoms. The fraction of sp³-hybridized carbons (Fsp3) is 0.333. The lowest BCUT2D eigenvalue weighted by atomic mass is 10.0. The van der Waals surface area contributed by atoms with Gasteiger partial charge in [0.15, 0.2) is 11.5 Å². The van der Waals surface area contributed by atoms with E-state index in [9.17, 15) is 9.59 Å². The first kappa shape index (κ1) is 21.6. The van der Waals surface area contributed by atoms with Crippen molar-refractivity contribution in [1.29, 1.82) is 0 Å². The van der Waals surface area contributed by atoms with E-state index < -0.39 is 12.0 Å². The molecule has 1 atom stereocenters. The van der Waals surface area contributed by atoms with Gasteiger partial charge in [0.2, 0.25) is 0 Å². The van der Waals surface area contributed by atoms with Gasteiger partial charge in [-0.15, -0.1) is 0 Å². The zero-order chi connectivity index (χ0) is 20.7. The molecular formula is C21H24ClNO5. The van der Waals surface area contributed by atoms with Gasteiger partial charge in [-0.25, -0.2) is 0 Å². The van der Waals surface area contributed by atoms with Crippen molar-refractivity contribution in [3.05, 3.63) is 58.6 Å². The van der Waals surface area contributed by atoms with Crippen LogP contribution in [0, 0.1) is 0 Å². The highest BCUT2D eigenvalue weighted by atomic mass is 35.5. The van der Waals surface area contributed by atoms with Gasteiger partial charge in [-0.05, 0) is 43.7 Å². The number of carbonyl (C=O) groups excluding carboxylic acids is 2. The topological polar surface area (TPSA) is 73.9 Å². The fourth-order valence-electron chi connectivity index (χ4n) is 2.69. The van der Waals surface area contributed by atoms with Crippen LogP contribution < -0.4 is 14.8 Å². The zero-order valence-corrected chi connectivity index (χ0v) is 17.1. The molecule has 2 aromatic carbocycles. The predicted octanol–water partition coefficient (Wildman–Crippen LogP) is 4.17. The van der Waals surface area contributed by atoms with Crippen LogP contribution in [0.4, 0.5) is 0 Å². The predicted molar refractivity (Wildman–Crippen MR) is 107 cm³/mol. The van der Waals surface area contributed by atoms with Crippen LogP contribution >= 0.6 is 11.6 Å². The highest BCUT2D eigenvalue weighted by Gasteiger charge is 2.23. The maximum atomic E-state index is 12.8. The molecule has 2 aromatic rings. The summed E-state index contributed by atoms with van der Waals surface area (Å²) in [4.78, 5) is 25.0. The molecule has 0 fully saturated rings. The van der Waals surface area contributed by atoms with E-state index in [2.05, 4.69) is 5.32 Å². The Hall–Kier alpha value is -2.73. The summed E-state index contributed by atoms with van der Waals surface area (Å²) in [7, 11) is 3.01. The van der Waals surface area contributed by atoms with E-state index in [1.807, 2.05) is 0 Å². The van der Waals surface area contributed by atoms with Crippen molar-refractivity contribution in [2.45, 2.75) is 32.4 Å². The Morgan fingerprint density at radius 3 is 2.32 bits per heavy atom. The molecule has 150 valence electrons. The Balaban J connectivity index is 2.27. The monoisotopic (exact) mass is 405 g/mol. The molecule has 0 heterocycles. The molecule has 0 aliphatic carbocycles. The second-order valence-corrected chi connectivity index (χ2v) is 6.77. The van der Waals surface area contributed by atoms with Crippen LogP contribution in [0.2, 0.25) is 5.02 Å². The molecule has 1 amide bonds. The third-order valence-electron chi connectivity index (χ3n) is 3.97. The summed E-state index contributed by atoms with van der Waals surface area (Å²) in [5.74, 6) is 0.154. The standard InChI is InChI=1S/C21H24ClNO5/c1-13(2)28-20(24)12-17(15-7-5-6-8-16(15)22)23-21(25)14-9-10-18(26-3)19(11-14)27-4/h5-11,13,17H,12H2,1-4H3,(H,23,25)/t17-/m0/s1. The average Bonchev–Trinajstić information content (AvgIpc) is 2.66. The van der Waals surface area contributed by atoms with Crippen LogP contribution in [0.1, 0.15) is 42.2 Å². The third-order valence-corrected chi connectivity index (χ3v) is 4.31. The average molecular weight is 406 g/mol. The number of esters is 1. The van der Waals surface area contributed by atoms with Gasteiger partial charge >= 0.3 is 5.97 Å². The number of hydrogen-bond donors (Lipinski definition) is 1. The lowest BCUT2D eigenvalue weighted by Gasteiger charge is -2.21. The second kappa shape index (κ2) is 9.99. The minimum atomic E-state index is -0.638. The van der Waals surface area contributed by atoms with Crippen LogP contribution in [-0.4, -0.2) is 32.2 Å². The van der Waals surface area contributed by atoms with Gasteiger partial charge in [-0.1, -0.05) is 29.8 Å². The summed E-state index contributed by atoms with van der Waals surface area (Å²) in [6, 6.07) is 11.3. The summed E-state index contributed by atoms with van der Waals surface area (Å²) in [6.45, 7) is 3.54. The minimum absolute atomic E-state index is 0.0407. The molecular weight excluding hydrogens is 382 g/mol. The van der Waals surface area contributed by atoms with Crippen molar-refractivity contribution in [3.8, 4) is 11.5 Å². The molecule has 1 N–H and O–H groups in total. The molecule has 0 radical (unpaired) electrons. The van der Waals surface area contributed by atoms with Crippen LogP contribution in [-0.2, 0) is 9.53 Å². The molecule has 6 nitrogen and oxygen atoms in total. The molecule has 0 saturated carbocycles. The minimum Gasteiger partial charge on any atom is -0.493 e. The first-order valence-electron chi connectivity index (χ1n) is 8.82. The molecule has 2 rings (SSSR count). The summed E-state index contributed by atoms with van der Waals surface area (Å²) in [6.07, 6.45) is -0.290. The highest BCUT2D eigenvalue weighted by molar-refractivity contribution is 6.31. The van der Waals surface area contributed by atoms with Crippen molar-refractivity contribution in [1.82, 2.24) is 5.32 Å². The number of rotatable bonds is 8. The number of carbonyl (C=O) groups is 2. The van der Waals surface area contributed by atoms with Crippen molar-refractivity contribution in [2.75, 3.05) is 14.2 Å². The van der Waals surface area contributed by atoms with Gasteiger partial charge in [0.05, 0.1) is 32.8 Å². The number of benzene rings is 2. The van der Waals surface area contributed by atoms with Gasteiger partial charge in [0, 0.05) is 10.6 Å². The van der Waals surface area contributed by atoms with E-state index in [-0.39, 0.29) is 18.4 Å². The zero-order valence-electron chi connectivity index (χ0n) is 16.3. The smallest absolute Gasteiger partial charge is 0.308 e. The van der Waals surface area contributed by atoms with Crippen LogP contribution in [0.5, 0.6) is 11.5 Å². The summed E-state index contributed by atoms with van der Waals surface area (Å²) in [5, 5.41) is 3.32. The van der Waals surface area contributed by atoms with Gasteiger partial charge in [0.1, 0.15) is 0 Å². The first-order valence-corrected chi connectivity index (χ1v) is 9.20. The molecule has 0 saturated heterocycles.